The van der Waals surface area contributed by atoms with Gasteiger partial charge in [-0.15, -0.1) is 11.8 Å². The van der Waals surface area contributed by atoms with Crippen LogP contribution in [0.5, 0.6) is 0 Å². The molecule has 0 spiro atoms. The predicted molar refractivity (Wildman–Crippen MR) is 103 cm³/mol. The summed E-state index contributed by atoms with van der Waals surface area (Å²) in [5, 5.41) is 11.8. The van der Waals surface area contributed by atoms with Crippen LogP contribution in [0.15, 0.2) is 40.9 Å². The summed E-state index contributed by atoms with van der Waals surface area (Å²) >= 11 is 0.770. The molecule has 3 unspecified atom stereocenters. The molecule has 3 rings (SSSR count). The molecule has 2 heterocycles. The number of carboxylic acid groups (broad SMARTS) is 1. The van der Waals surface area contributed by atoms with Crippen molar-refractivity contribution in [3.05, 3.63) is 53.4 Å². The predicted octanol–water partition coefficient (Wildman–Crippen LogP) is 3.84. The largest absolute Gasteiger partial charge is 0.480 e. The summed E-state index contributed by atoms with van der Waals surface area (Å²) in [4.78, 5) is 11.5. The number of hydrogen-bond acceptors (Lipinski definition) is 6. The maximum absolute atomic E-state index is 13.4. The Kier molecular flexibility index (Phi) is 6.86. The van der Waals surface area contributed by atoms with E-state index >= 15 is 0 Å². The van der Waals surface area contributed by atoms with Crippen molar-refractivity contribution in [2.24, 2.45) is 0 Å². The van der Waals surface area contributed by atoms with Crippen LogP contribution in [0.1, 0.15) is 35.1 Å². The lowest BCUT2D eigenvalue weighted by Gasteiger charge is -2.18. The molecule has 14 heteroatoms. The molecule has 1 aliphatic rings. The zero-order valence-corrected chi connectivity index (χ0v) is 17.7. The van der Waals surface area contributed by atoms with E-state index in [1.807, 2.05) is 0 Å². The van der Waals surface area contributed by atoms with E-state index in [1.165, 1.54) is 0 Å². The Labute approximate surface area is 183 Å². The number of carbonyl (C=O) groups is 1. The van der Waals surface area contributed by atoms with Crippen LogP contribution in [0.4, 0.5) is 22.0 Å². The van der Waals surface area contributed by atoms with Gasteiger partial charge in [0.1, 0.15) is 10.6 Å². The van der Waals surface area contributed by atoms with E-state index in [2.05, 4.69) is 14.4 Å². The summed E-state index contributed by atoms with van der Waals surface area (Å²) in [7, 11) is -4.16. The zero-order chi connectivity index (χ0) is 23.7. The Morgan fingerprint density at radius 3 is 2.47 bits per heavy atom. The maximum atomic E-state index is 13.4. The number of carboxylic acids is 1. The third-order valence-electron chi connectivity index (χ3n) is 4.74. The van der Waals surface area contributed by atoms with E-state index < -0.39 is 49.7 Å². The molecular formula is C18H17F5N2O5S2. The number of rotatable bonds is 8. The molecule has 1 fully saturated rings. The summed E-state index contributed by atoms with van der Waals surface area (Å²) in [5.74, 6) is -8.30. The SMILES string of the molecule is O=C(O)C(Cc1ccccc1)NS(=O)(=O)C1CCC(c2cc(C(F)(F)C(F)(F)F)on2)S1. The number of sulfonamides is 1. The van der Waals surface area contributed by atoms with Gasteiger partial charge in [0.05, 0.1) is 10.9 Å². The Morgan fingerprint density at radius 1 is 1.22 bits per heavy atom. The molecule has 0 bridgehead atoms. The van der Waals surface area contributed by atoms with Crippen molar-refractivity contribution >= 4 is 27.8 Å². The maximum Gasteiger partial charge on any atom is 0.461 e. The molecule has 1 aromatic carbocycles. The number of aromatic nitrogens is 1. The van der Waals surface area contributed by atoms with Crippen LogP contribution in [-0.2, 0) is 27.2 Å². The van der Waals surface area contributed by atoms with Gasteiger partial charge in [-0.3, -0.25) is 4.79 Å². The summed E-state index contributed by atoms with van der Waals surface area (Å²) in [6.07, 6.45) is -5.85. The molecule has 0 saturated carbocycles. The minimum Gasteiger partial charge on any atom is -0.480 e. The van der Waals surface area contributed by atoms with Gasteiger partial charge < -0.3 is 9.63 Å². The molecule has 3 atom stereocenters. The normalized spacial score (nSPS) is 20.9. The highest BCUT2D eigenvalue weighted by atomic mass is 32.3. The first kappa shape index (κ1) is 24.5. The second-order valence-corrected chi connectivity index (χ2v) is 10.7. The summed E-state index contributed by atoms with van der Waals surface area (Å²) < 4.78 is 94.8. The Morgan fingerprint density at radius 2 is 1.88 bits per heavy atom. The van der Waals surface area contributed by atoms with E-state index in [-0.39, 0.29) is 25.0 Å². The van der Waals surface area contributed by atoms with Crippen LogP contribution < -0.4 is 4.72 Å². The van der Waals surface area contributed by atoms with Crippen molar-refractivity contribution < 1.29 is 44.8 Å². The fourth-order valence-corrected chi connectivity index (χ4v) is 6.58. The lowest BCUT2D eigenvalue weighted by atomic mass is 10.1. The third-order valence-corrected chi connectivity index (χ3v) is 8.72. The van der Waals surface area contributed by atoms with Crippen LogP contribution in [-0.4, -0.2) is 41.5 Å². The number of halogens is 5. The van der Waals surface area contributed by atoms with Crippen molar-refractivity contribution in [1.29, 1.82) is 0 Å². The number of aliphatic carboxylic acids is 1. The van der Waals surface area contributed by atoms with E-state index in [1.54, 1.807) is 30.3 Å². The van der Waals surface area contributed by atoms with Crippen molar-refractivity contribution in [3.8, 4) is 0 Å². The van der Waals surface area contributed by atoms with Crippen LogP contribution in [0.3, 0.4) is 0 Å². The van der Waals surface area contributed by atoms with Crippen LogP contribution in [0, 0.1) is 0 Å². The van der Waals surface area contributed by atoms with E-state index in [4.69, 9.17) is 0 Å². The molecular weight excluding hydrogens is 483 g/mol. The highest BCUT2D eigenvalue weighted by molar-refractivity contribution is 8.13. The van der Waals surface area contributed by atoms with Gasteiger partial charge in [-0.2, -0.15) is 26.7 Å². The molecule has 0 amide bonds. The van der Waals surface area contributed by atoms with Gasteiger partial charge in [0, 0.05) is 6.07 Å². The van der Waals surface area contributed by atoms with Crippen LogP contribution >= 0.6 is 11.8 Å². The van der Waals surface area contributed by atoms with Gasteiger partial charge in [-0.05, 0) is 24.8 Å². The van der Waals surface area contributed by atoms with E-state index in [0.29, 0.717) is 11.6 Å². The molecule has 0 radical (unpaired) electrons. The van der Waals surface area contributed by atoms with E-state index in [9.17, 15) is 40.3 Å². The molecule has 32 heavy (non-hydrogen) atoms. The smallest absolute Gasteiger partial charge is 0.461 e. The van der Waals surface area contributed by atoms with Gasteiger partial charge in [-0.1, -0.05) is 35.5 Å². The molecule has 7 nitrogen and oxygen atoms in total. The van der Waals surface area contributed by atoms with Crippen molar-refractivity contribution in [2.75, 3.05) is 0 Å². The fraction of sp³-hybridized carbons (Fsp3) is 0.444. The first-order valence-corrected chi connectivity index (χ1v) is 11.6. The number of thioether (sulfide) groups is 1. The second kappa shape index (κ2) is 8.98. The Hall–Kier alpha value is -2.19. The van der Waals surface area contributed by atoms with Crippen LogP contribution in [0.25, 0.3) is 0 Å². The highest BCUT2D eigenvalue weighted by Gasteiger charge is 2.61. The number of nitrogens with one attached hydrogen (secondary N) is 1. The first-order valence-electron chi connectivity index (χ1n) is 9.16. The average molecular weight is 500 g/mol. The van der Waals surface area contributed by atoms with Gasteiger partial charge in [0.2, 0.25) is 15.8 Å². The molecule has 2 aromatic rings. The quantitative estimate of drug-likeness (QED) is 0.530. The average Bonchev–Trinajstić information content (AvgIpc) is 3.37. The molecule has 176 valence electrons. The van der Waals surface area contributed by atoms with Gasteiger partial charge in [0.15, 0.2) is 0 Å². The summed E-state index contributed by atoms with van der Waals surface area (Å²) in [5.41, 5.74) is 0.353. The van der Waals surface area contributed by atoms with Crippen molar-refractivity contribution in [2.45, 2.75) is 47.2 Å². The third kappa shape index (κ3) is 5.23. The number of alkyl halides is 5. The molecule has 1 aromatic heterocycles. The summed E-state index contributed by atoms with van der Waals surface area (Å²) in [6, 6.07) is 7.38. The minimum absolute atomic E-state index is 0.0141. The van der Waals surface area contributed by atoms with Gasteiger partial charge in [0.25, 0.3) is 0 Å². The monoisotopic (exact) mass is 500 g/mol. The lowest BCUT2D eigenvalue weighted by molar-refractivity contribution is -0.296. The second-order valence-electron chi connectivity index (χ2n) is 7.06. The molecule has 1 saturated heterocycles. The Balaban J connectivity index is 1.69. The highest BCUT2D eigenvalue weighted by Crippen LogP contribution is 2.49. The minimum atomic E-state index is -5.87. The molecule has 1 aliphatic heterocycles. The topological polar surface area (TPSA) is 110 Å². The van der Waals surface area contributed by atoms with Crippen molar-refractivity contribution in [3.63, 3.8) is 0 Å². The van der Waals surface area contributed by atoms with E-state index in [0.717, 1.165) is 11.8 Å². The fourth-order valence-electron chi connectivity index (χ4n) is 3.08. The van der Waals surface area contributed by atoms with Gasteiger partial charge in [-0.25, -0.2) is 8.42 Å². The lowest BCUT2D eigenvalue weighted by Crippen LogP contribution is -2.45. The van der Waals surface area contributed by atoms with Crippen molar-refractivity contribution in [1.82, 2.24) is 9.88 Å². The first-order chi connectivity index (χ1) is 14.8. The number of hydrogen-bond donors (Lipinski definition) is 2. The Bertz CT molecular complexity index is 1060. The molecule has 0 aliphatic carbocycles. The number of benzene rings is 1. The number of nitrogens with zero attached hydrogens (tertiary/aromatic N) is 1. The van der Waals surface area contributed by atoms with Gasteiger partial charge >= 0.3 is 18.1 Å². The standard InChI is InChI=1S/C18H17F5N2O5S2/c19-17(20,18(21,22)23)14-9-11(24-30-14)13-6-7-15(31-13)32(28,29)25-12(16(26)27)8-10-4-2-1-3-5-10/h1-5,9,12-13,15,25H,6-8H2,(H,26,27). The van der Waals surface area contributed by atoms with Crippen LogP contribution in [0.2, 0.25) is 0 Å². The zero-order valence-electron chi connectivity index (χ0n) is 16.1. The molecule has 2 N–H and O–H groups in total. The summed E-state index contributed by atoms with van der Waals surface area (Å²) in [6.45, 7) is 0.